The molecule has 4 unspecified atom stereocenters. The number of hydrogen-bond acceptors (Lipinski definition) is 4. The first-order valence-electron chi connectivity index (χ1n) is 12.1. The van der Waals surface area contributed by atoms with Crippen LogP contribution in [-0.4, -0.2) is 47.7 Å². The minimum atomic E-state index is -0.745. The Labute approximate surface area is 183 Å². The lowest BCUT2D eigenvalue weighted by atomic mass is 9.65. The molecule has 3 aliphatic rings. The molecule has 1 heterocycles. The highest BCUT2D eigenvalue weighted by Crippen LogP contribution is 2.43. The molecule has 1 saturated carbocycles. The molecular formula is C25H43NO4. The molecule has 2 fully saturated rings. The van der Waals surface area contributed by atoms with Crippen LogP contribution in [-0.2, 0) is 14.3 Å². The molecule has 5 heteroatoms. The number of carboxylic acid groups (broad SMARTS) is 1. The molecule has 0 radical (unpaired) electrons. The molecule has 0 amide bonds. The van der Waals surface area contributed by atoms with E-state index in [4.69, 9.17) is 9.84 Å². The Bertz CT molecular complexity index is 592. The molecule has 5 nitrogen and oxygen atoms in total. The summed E-state index contributed by atoms with van der Waals surface area (Å²) in [6, 6.07) is 0.460. The van der Waals surface area contributed by atoms with Gasteiger partial charge in [0.2, 0.25) is 0 Å². The summed E-state index contributed by atoms with van der Waals surface area (Å²) in [6.07, 6.45) is 9.99. The summed E-state index contributed by atoms with van der Waals surface area (Å²) in [7, 11) is 0. The van der Waals surface area contributed by atoms with Gasteiger partial charge in [-0.15, -0.1) is 0 Å². The standard InChI is InChI=1S/C16H29NO2.C9H14O2/c1-4-19-16(18)14-11-13(10-12(2)3)15(14)17-8-6-5-7-9-17;1-6(2)3-7-4-8(5-7)9(10)11/h12-15H,4-11H2,1-3H3;4,6-7H,3,5H2,1-2H3,(H,10,11). The maximum absolute atomic E-state index is 12.1. The third kappa shape index (κ3) is 7.11. The van der Waals surface area contributed by atoms with Gasteiger partial charge >= 0.3 is 11.9 Å². The van der Waals surface area contributed by atoms with E-state index >= 15 is 0 Å². The Kier molecular flexibility index (Phi) is 9.86. The monoisotopic (exact) mass is 421 g/mol. The second-order valence-electron chi connectivity index (χ2n) is 10.2. The Morgan fingerprint density at radius 3 is 2.20 bits per heavy atom. The van der Waals surface area contributed by atoms with Gasteiger partial charge in [0.1, 0.15) is 0 Å². The van der Waals surface area contributed by atoms with Crippen LogP contribution in [0, 0.1) is 29.6 Å². The highest BCUT2D eigenvalue weighted by molar-refractivity contribution is 5.88. The fourth-order valence-corrected chi connectivity index (χ4v) is 5.28. The predicted octanol–water partition coefficient (Wildman–Crippen LogP) is 5.15. The summed E-state index contributed by atoms with van der Waals surface area (Å²) in [6.45, 7) is 13.6. The molecule has 3 rings (SSSR count). The van der Waals surface area contributed by atoms with E-state index in [-0.39, 0.29) is 11.9 Å². The number of ether oxygens (including phenoxy) is 1. The highest BCUT2D eigenvalue weighted by Gasteiger charge is 2.48. The Morgan fingerprint density at radius 1 is 1.10 bits per heavy atom. The lowest BCUT2D eigenvalue weighted by Crippen LogP contribution is -2.58. The number of likely N-dealkylation sites (tertiary alicyclic amines) is 1. The van der Waals surface area contributed by atoms with E-state index in [1.165, 1.54) is 38.8 Å². The van der Waals surface area contributed by atoms with Crippen LogP contribution in [0.4, 0.5) is 0 Å². The van der Waals surface area contributed by atoms with E-state index in [9.17, 15) is 9.59 Å². The Hall–Kier alpha value is -1.36. The molecule has 4 atom stereocenters. The van der Waals surface area contributed by atoms with Gasteiger partial charge in [-0.3, -0.25) is 9.69 Å². The van der Waals surface area contributed by atoms with Crippen molar-refractivity contribution in [3.8, 4) is 0 Å². The van der Waals surface area contributed by atoms with Crippen molar-refractivity contribution in [2.24, 2.45) is 29.6 Å². The van der Waals surface area contributed by atoms with Crippen LogP contribution >= 0.6 is 0 Å². The van der Waals surface area contributed by atoms with Gasteiger partial charge < -0.3 is 9.84 Å². The average molecular weight is 422 g/mol. The number of carbonyl (C=O) groups excluding carboxylic acids is 1. The van der Waals surface area contributed by atoms with Crippen LogP contribution in [0.2, 0.25) is 0 Å². The Morgan fingerprint density at radius 2 is 1.70 bits per heavy atom. The van der Waals surface area contributed by atoms with Crippen LogP contribution in [0.3, 0.4) is 0 Å². The topological polar surface area (TPSA) is 66.8 Å². The van der Waals surface area contributed by atoms with Crippen molar-refractivity contribution in [2.75, 3.05) is 19.7 Å². The second kappa shape index (κ2) is 11.9. The summed E-state index contributed by atoms with van der Waals surface area (Å²) in [4.78, 5) is 25.0. The predicted molar refractivity (Wildman–Crippen MR) is 120 cm³/mol. The van der Waals surface area contributed by atoms with Crippen LogP contribution in [0.25, 0.3) is 0 Å². The van der Waals surface area contributed by atoms with Gasteiger partial charge in [-0.2, -0.15) is 0 Å². The number of rotatable bonds is 8. The van der Waals surface area contributed by atoms with E-state index in [0.29, 0.717) is 36.0 Å². The number of aliphatic carboxylic acids is 1. The average Bonchev–Trinajstić information content (AvgIpc) is 2.62. The number of carbonyl (C=O) groups is 2. The molecule has 30 heavy (non-hydrogen) atoms. The van der Waals surface area contributed by atoms with Gasteiger partial charge in [0.05, 0.1) is 12.5 Å². The molecule has 0 aromatic rings. The zero-order chi connectivity index (χ0) is 22.3. The second-order valence-corrected chi connectivity index (χ2v) is 10.2. The summed E-state index contributed by atoms with van der Waals surface area (Å²) < 4.78 is 5.25. The van der Waals surface area contributed by atoms with E-state index < -0.39 is 5.97 Å². The van der Waals surface area contributed by atoms with Crippen molar-refractivity contribution >= 4 is 11.9 Å². The molecule has 1 N–H and O–H groups in total. The third-order valence-electron chi connectivity index (χ3n) is 6.60. The van der Waals surface area contributed by atoms with Crippen molar-refractivity contribution in [1.29, 1.82) is 0 Å². The van der Waals surface area contributed by atoms with Crippen LogP contribution < -0.4 is 0 Å². The molecule has 0 bridgehead atoms. The van der Waals surface area contributed by atoms with E-state index in [2.05, 4.69) is 32.6 Å². The van der Waals surface area contributed by atoms with Gasteiger partial charge in [-0.05, 0) is 82.2 Å². The summed E-state index contributed by atoms with van der Waals surface area (Å²) >= 11 is 0. The molecule has 1 aliphatic heterocycles. The molecule has 0 aromatic heterocycles. The quantitative estimate of drug-likeness (QED) is 0.549. The smallest absolute Gasteiger partial charge is 0.331 e. The van der Waals surface area contributed by atoms with Crippen molar-refractivity contribution in [1.82, 2.24) is 4.90 Å². The fourth-order valence-electron chi connectivity index (χ4n) is 5.28. The number of hydrogen-bond donors (Lipinski definition) is 1. The van der Waals surface area contributed by atoms with Crippen molar-refractivity contribution in [3.05, 3.63) is 11.6 Å². The normalized spacial score (nSPS) is 28.7. The largest absolute Gasteiger partial charge is 0.478 e. The minimum absolute atomic E-state index is 0.0399. The lowest BCUT2D eigenvalue weighted by Gasteiger charge is -2.51. The summed E-state index contributed by atoms with van der Waals surface area (Å²) in [5.41, 5.74) is 0.593. The molecule has 2 aliphatic carbocycles. The van der Waals surface area contributed by atoms with Crippen molar-refractivity contribution in [2.45, 2.75) is 85.6 Å². The van der Waals surface area contributed by atoms with E-state index in [0.717, 1.165) is 25.2 Å². The molecule has 172 valence electrons. The number of esters is 1. The third-order valence-corrected chi connectivity index (χ3v) is 6.60. The van der Waals surface area contributed by atoms with Crippen LogP contribution in [0.5, 0.6) is 0 Å². The number of piperidine rings is 1. The first-order chi connectivity index (χ1) is 14.2. The fraction of sp³-hybridized carbons (Fsp3) is 0.840. The van der Waals surface area contributed by atoms with Crippen molar-refractivity contribution in [3.63, 3.8) is 0 Å². The van der Waals surface area contributed by atoms with Crippen molar-refractivity contribution < 1.29 is 19.4 Å². The van der Waals surface area contributed by atoms with E-state index in [1.54, 1.807) is 0 Å². The maximum Gasteiger partial charge on any atom is 0.331 e. The molecule has 0 aromatic carbocycles. The van der Waals surface area contributed by atoms with Gasteiger partial charge in [-0.25, -0.2) is 4.79 Å². The summed E-state index contributed by atoms with van der Waals surface area (Å²) in [5.74, 6) is 2.06. The number of nitrogens with zero attached hydrogens (tertiary/aromatic N) is 1. The SMILES string of the molecule is CC(C)CC1C=C(C(=O)O)C1.CCOC(=O)C1CC(CC(C)C)C1N1CCCCC1. The first kappa shape index (κ1) is 24.9. The first-order valence-corrected chi connectivity index (χ1v) is 12.1. The molecule has 0 spiro atoms. The Balaban J connectivity index is 0.000000248. The zero-order valence-electron chi connectivity index (χ0n) is 19.7. The number of allylic oxidation sites excluding steroid dienone is 1. The van der Waals surface area contributed by atoms with Gasteiger partial charge in [-0.1, -0.05) is 40.2 Å². The summed E-state index contributed by atoms with van der Waals surface area (Å²) in [5, 5.41) is 8.52. The maximum atomic E-state index is 12.1. The molecule has 1 saturated heterocycles. The van der Waals surface area contributed by atoms with Gasteiger partial charge in [0.25, 0.3) is 0 Å². The van der Waals surface area contributed by atoms with Gasteiger partial charge in [0.15, 0.2) is 0 Å². The van der Waals surface area contributed by atoms with Crippen LogP contribution in [0.1, 0.15) is 79.6 Å². The zero-order valence-corrected chi connectivity index (χ0v) is 19.7. The van der Waals surface area contributed by atoms with E-state index in [1.807, 2.05) is 13.0 Å². The minimum Gasteiger partial charge on any atom is -0.478 e. The van der Waals surface area contributed by atoms with Crippen LogP contribution in [0.15, 0.2) is 11.6 Å². The highest BCUT2D eigenvalue weighted by atomic mass is 16.5. The van der Waals surface area contributed by atoms with Gasteiger partial charge in [0, 0.05) is 11.6 Å². The number of carboxylic acids is 1. The lowest BCUT2D eigenvalue weighted by molar-refractivity contribution is -0.160. The molecular weight excluding hydrogens is 378 g/mol.